The fourth-order valence-electron chi connectivity index (χ4n) is 5.38. The lowest BCUT2D eigenvalue weighted by atomic mass is 10.0. The number of aliphatic hydroxyl groups excluding tert-OH is 1. The molecular weight excluding hydrogens is 657 g/mol. The van der Waals surface area contributed by atoms with Crippen LogP contribution in [0.5, 0.6) is 5.75 Å². The first-order valence-corrected chi connectivity index (χ1v) is 19.5. The number of rotatable bonds is 16. The molecule has 0 aliphatic carbocycles. The number of unbranched alkanes of at least 4 members (excludes halogenated alkanes) is 3. The van der Waals surface area contributed by atoms with Crippen LogP contribution in [0.2, 0.25) is 0 Å². The highest BCUT2D eigenvalue weighted by atomic mass is 32.2. The van der Waals surface area contributed by atoms with Crippen LogP contribution < -0.4 is 30.3 Å². The fraction of sp³-hybridized carbons (Fsp3) is 0.424. The molecule has 48 heavy (non-hydrogen) atoms. The Morgan fingerprint density at radius 3 is 2.21 bits per heavy atom. The number of hydrogen-bond acceptors (Lipinski definition) is 9. The van der Waals surface area contributed by atoms with Gasteiger partial charge in [-0.1, -0.05) is 32.3 Å². The highest BCUT2D eigenvalue weighted by Crippen LogP contribution is 2.28. The minimum Gasteiger partial charge on any atom is -0.506 e. The first-order valence-electron chi connectivity index (χ1n) is 16.1. The minimum atomic E-state index is -3.84. The molecule has 15 heteroatoms. The van der Waals surface area contributed by atoms with E-state index in [1.165, 1.54) is 24.3 Å². The molecule has 0 radical (unpaired) electrons. The Labute approximate surface area is 283 Å². The maximum atomic E-state index is 13.0. The van der Waals surface area contributed by atoms with Crippen molar-refractivity contribution in [2.45, 2.75) is 62.5 Å². The molecule has 1 saturated heterocycles. The smallest absolute Gasteiger partial charge is 0.319 e. The standard InChI is InChI=1S/C33H46N6O7S2/c1-3-4-5-6-19-34-33(42)36-26-10-14-29(15-11-26)48(45,46)37-27-8-12-28(13-9-27)39-20-17-25(18-21-39)35-23-32(41)24-7-16-31(40)30(22-24)38-47(2,43)44/h7-16,22,25,32,35,37-38,40-41H,3-6,17-21,23H2,1-2H3,(H2,34,36,42). The van der Waals surface area contributed by atoms with Crippen molar-refractivity contribution in [3.05, 3.63) is 72.3 Å². The number of sulfonamides is 2. The highest BCUT2D eigenvalue weighted by Gasteiger charge is 2.21. The van der Waals surface area contributed by atoms with Gasteiger partial charge in [0, 0.05) is 49.3 Å². The number of benzene rings is 3. The van der Waals surface area contributed by atoms with E-state index in [0.29, 0.717) is 23.5 Å². The summed E-state index contributed by atoms with van der Waals surface area (Å²) >= 11 is 0. The second-order valence-electron chi connectivity index (χ2n) is 12.0. The first-order chi connectivity index (χ1) is 22.8. The van der Waals surface area contributed by atoms with Gasteiger partial charge in [-0.15, -0.1) is 0 Å². The number of phenols is 1. The monoisotopic (exact) mass is 702 g/mol. The van der Waals surface area contributed by atoms with Crippen LogP contribution in [-0.2, 0) is 20.0 Å². The van der Waals surface area contributed by atoms with Gasteiger partial charge in [-0.25, -0.2) is 21.6 Å². The molecule has 0 bridgehead atoms. The zero-order chi connectivity index (χ0) is 34.7. The molecule has 3 aromatic carbocycles. The maximum Gasteiger partial charge on any atom is 0.319 e. The Kier molecular flexibility index (Phi) is 12.9. The van der Waals surface area contributed by atoms with Crippen LogP contribution in [-0.4, -0.2) is 71.6 Å². The van der Waals surface area contributed by atoms with Crippen LogP contribution >= 0.6 is 0 Å². The van der Waals surface area contributed by atoms with Crippen molar-refractivity contribution in [1.82, 2.24) is 10.6 Å². The number of phenolic OH excluding ortho intramolecular Hbond substituents is 1. The first kappa shape index (κ1) is 36.8. The average Bonchev–Trinajstić information content (AvgIpc) is 3.04. The van der Waals surface area contributed by atoms with Crippen LogP contribution in [0.15, 0.2) is 71.6 Å². The highest BCUT2D eigenvalue weighted by molar-refractivity contribution is 7.92. The van der Waals surface area contributed by atoms with Crippen LogP contribution in [0.3, 0.4) is 0 Å². The molecule has 1 fully saturated rings. The Morgan fingerprint density at radius 1 is 0.896 bits per heavy atom. The summed E-state index contributed by atoms with van der Waals surface area (Å²) in [6.45, 7) is 4.50. The van der Waals surface area contributed by atoms with E-state index in [1.807, 2.05) is 12.1 Å². The molecule has 262 valence electrons. The maximum absolute atomic E-state index is 13.0. The van der Waals surface area contributed by atoms with E-state index in [0.717, 1.165) is 63.6 Å². The third kappa shape index (κ3) is 11.3. The van der Waals surface area contributed by atoms with E-state index in [-0.39, 0.29) is 35.0 Å². The van der Waals surface area contributed by atoms with Crippen molar-refractivity contribution < 1.29 is 31.8 Å². The molecule has 0 saturated carbocycles. The van der Waals surface area contributed by atoms with Gasteiger partial charge in [0.25, 0.3) is 10.0 Å². The van der Waals surface area contributed by atoms with Gasteiger partial charge in [0.1, 0.15) is 5.75 Å². The molecule has 1 heterocycles. The Morgan fingerprint density at radius 2 is 1.56 bits per heavy atom. The summed E-state index contributed by atoms with van der Waals surface area (Å²) in [6.07, 6.45) is 5.97. The number of piperidine rings is 1. The normalized spacial score (nSPS) is 14.7. The summed E-state index contributed by atoms with van der Waals surface area (Å²) in [4.78, 5) is 14.4. The van der Waals surface area contributed by atoms with Crippen molar-refractivity contribution in [1.29, 1.82) is 0 Å². The lowest BCUT2D eigenvalue weighted by Crippen LogP contribution is -2.43. The Hall–Kier alpha value is -4.05. The zero-order valence-corrected chi connectivity index (χ0v) is 28.9. The van der Waals surface area contributed by atoms with Gasteiger partial charge < -0.3 is 31.1 Å². The van der Waals surface area contributed by atoms with E-state index in [9.17, 15) is 31.8 Å². The van der Waals surface area contributed by atoms with Gasteiger partial charge in [-0.3, -0.25) is 9.44 Å². The lowest BCUT2D eigenvalue weighted by molar-refractivity contribution is 0.167. The molecule has 1 aliphatic rings. The van der Waals surface area contributed by atoms with Crippen molar-refractivity contribution >= 4 is 48.8 Å². The lowest BCUT2D eigenvalue weighted by Gasteiger charge is -2.34. The second kappa shape index (κ2) is 16.9. The molecule has 3 aromatic rings. The number of urea groups is 1. The second-order valence-corrected chi connectivity index (χ2v) is 15.4. The molecule has 1 unspecified atom stereocenters. The van der Waals surface area contributed by atoms with Crippen molar-refractivity contribution in [3.8, 4) is 5.75 Å². The third-order valence-corrected chi connectivity index (χ3v) is 10.0. The largest absolute Gasteiger partial charge is 0.506 e. The van der Waals surface area contributed by atoms with Crippen LogP contribution in [0.4, 0.5) is 27.5 Å². The quantitative estimate of drug-likeness (QED) is 0.0829. The molecule has 1 atom stereocenters. The number of amides is 2. The number of aromatic hydroxyl groups is 1. The molecule has 0 spiro atoms. The van der Waals surface area contributed by atoms with Gasteiger partial charge in [0.15, 0.2) is 0 Å². The molecule has 4 rings (SSSR count). The molecule has 1 aliphatic heterocycles. The summed E-state index contributed by atoms with van der Waals surface area (Å²) < 4.78 is 53.9. The summed E-state index contributed by atoms with van der Waals surface area (Å²) in [5.41, 5.74) is 2.37. The van der Waals surface area contributed by atoms with Crippen LogP contribution in [0.25, 0.3) is 0 Å². The molecule has 13 nitrogen and oxygen atoms in total. The Balaban J connectivity index is 1.22. The van der Waals surface area contributed by atoms with E-state index >= 15 is 0 Å². The van der Waals surface area contributed by atoms with Gasteiger partial charge >= 0.3 is 6.03 Å². The van der Waals surface area contributed by atoms with Crippen molar-refractivity contribution in [2.75, 3.05) is 52.1 Å². The number of carbonyl (C=O) groups excluding carboxylic acids is 1. The predicted molar refractivity (Wildman–Crippen MR) is 190 cm³/mol. The molecule has 7 N–H and O–H groups in total. The van der Waals surface area contributed by atoms with Gasteiger partial charge in [-0.05, 0) is 85.5 Å². The van der Waals surface area contributed by atoms with Crippen LogP contribution in [0.1, 0.15) is 57.1 Å². The number of hydrogen-bond donors (Lipinski definition) is 7. The van der Waals surface area contributed by atoms with Crippen LogP contribution in [0, 0.1) is 0 Å². The van der Waals surface area contributed by atoms with E-state index in [2.05, 4.69) is 37.2 Å². The summed E-state index contributed by atoms with van der Waals surface area (Å²) in [7, 11) is -7.42. The van der Waals surface area contributed by atoms with Gasteiger partial charge in [-0.2, -0.15) is 0 Å². The number of aliphatic hydroxyl groups is 1. The number of nitrogens with zero attached hydrogens (tertiary/aromatic N) is 1. The molecule has 0 aromatic heterocycles. The number of nitrogens with one attached hydrogen (secondary N) is 5. The number of anilines is 4. The zero-order valence-electron chi connectivity index (χ0n) is 27.3. The van der Waals surface area contributed by atoms with Crippen molar-refractivity contribution in [2.24, 2.45) is 0 Å². The summed E-state index contributed by atoms with van der Waals surface area (Å²) in [5, 5.41) is 29.5. The summed E-state index contributed by atoms with van der Waals surface area (Å²) in [5.74, 6) is -0.225. The van der Waals surface area contributed by atoms with Crippen molar-refractivity contribution in [3.63, 3.8) is 0 Å². The summed E-state index contributed by atoms with van der Waals surface area (Å²) in [6, 6.07) is 17.3. The average molecular weight is 703 g/mol. The van der Waals surface area contributed by atoms with E-state index in [4.69, 9.17) is 0 Å². The van der Waals surface area contributed by atoms with E-state index < -0.39 is 26.2 Å². The number of carbonyl (C=O) groups is 1. The Bertz CT molecular complexity index is 1710. The molecular formula is C33H46N6O7S2. The third-order valence-electron chi connectivity index (χ3n) is 8.02. The van der Waals surface area contributed by atoms with Gasteiger partial charge in [0.2, 0.25) is 10.0 Å². The predicted octanol–water partition coefficient (Wildman–Crippen LogP) is 4.56. The van der Waals surface area contributed by atoms with Gasteiger partial charge in [0.05, 0.1) is 22.9 Å². The fourth-order valence-corrected chi connectivity index (χ4v) is 7.00. The molecule has 2 amide bonds. The SMILES string of the molecule is CCCCCCNC(=O)Nc1ccc(S(=O)(=O)Nc2ccc(N3CCC(NCC(O)c4ccc(O)c(NS(C)(=O)=O)c4)CC3)cc2)cc1. The minimum absolute atomic E-state index is 0.0124. The topological polar surface area (TPSA) is 189 Å². The van der Waals surface area contributed by atoms with E-state index in [1.54, 1.807) is 30.3 Å².